The zero-order chi connectivity index (χ0) is 15.4. The van der Waals surface area contributed by atoms with Crippen LogP contribution in [0.25, 0.3) is 5.65 Å². The molecule has 0 unspecified atom stereocenters. The summed E-state index contributed by atoms with van der Waals surface area (Å²) < 4.78 is 7.47. The minimum absolute atomic E-state index is 0.0495. The number of anilines is 1. The van der Waals surface area contributed by atoms with Gasteiger partial charge in [0.05, 0.1) is 37.8 Å². The number of hydrogen-bond acceptors (Lipinski definition) is 5. The van der Waals surface area contributed by atoms with Crippen LogP contribution in [0.15, 0.2) is 43.0 Å². The van der Waals surface area contributed by atoms with Crippen LogP contribution in [0.5, 0.6) is 5.75 Å². The predicted molar refractivity (Wildman–Crippen MR) is 83.8 cm³/mol. The second-order valence-corrected chi connectivity index (χ2v) is 4.82. The monoisotopic (exact) mass is 298 g/mol. The van der Waals surface area contributed by atoms with Crippen LogP contribution in [-0.2, 0) is 13.2 Å². The van der Waals surface area contributed by atoms with Gasteiger partial charge in [0, 0.05) is 23.6 Å². The van der Waals surface area contributed by atoms with E-state index < -0.39 is 0 Å². The molecule has 22 heavy (non-hydrogen) atoms. The Kier molecular flexibility index (Phi) is 4.20. The number of aliphatic hydroxyl groups excluding tert-OH is 1. The Morgan fingerprint density at radius 2 is 2.23 bits per heavy atom. The van der Waals surface area contributed by atoms with E-state index in [9.17, 15) is 5.11 Å². The van der Waals surface area contributed by atoms with E-state index in [-0.39, 0.29) is 6.61 Å². The van der Waals surface area contributed by atoms with Crippen LogP contribution >= 0.6 is 0 Å². The van der Waals surface area contributed by atoms with Crippen LogP contribution in [0.4, 0.5) is 5.69 Å². The van der Waals surface area contributed by atoms with Crippen LogP contribution < -0.4 is 10.1 Å². The molecule has 0 aliphatic rings. The Labute approximate surface area is 128 Å². The summed E-state index contributed by atoms with van der Waals surface area (Å²) >= 11 is 0. The summed E-state index contributed by atoms with van der Waals surface area (Å²) in [5.41, 5.74) is 3.56. The van der Waals surface area contributed by atoms with Crippen molar-refractivity contribution in [2.45, 2.75) is 20.1 Å². The Hall–Kier alpha value is -2.60. The summed E-state index contributed by atoms with van der Waals surface area (Å²) in [4.78, 5) is 8.35. The Balaban J connectivity index is 1.76. The summed E-state index contributed by atoms with van der Waals surface area (Å²) in [5, 5.41) is 12.8. The second kappa shape index (κ2) is 6.44. The summed E-state index contributed by atoms with van der Waals surface area (Å²) in [6, 6.07) is 5.71. The average molecular weight is 298 g/mol. The Morgan fingerprint density at radius 1 is 1.32 bits per heavy atom. The van der Waals surface area contributed by atoms with Gasteiger partial charge < -0.3 is 15.2 Å². The van der Waals surface area contributed by atoms with E-state index >= 15 is 0 Å². The van der Waals surface area contributed by atoms with Gasteiger partial charge in [0.15, 0.2) is 5.65 Å². The highest BCUT2D eigenvalue weighted by atomic mass is 16.5. The van der Waals surface area contributed by atoms with Crippen molar-refractivity contribution in [3.8, 4) is 5.75 Å². The van der Waals surface area contributed by atoms with E-state index in [0.29, 0.717) is 13.2 Å². The normalized spacial score (nSPS) is 10.8. The third-order valence-corrected chi connectivity index (χ3v) is 3.40. The van der Waals surface area contributed by atoms with Crippen molar-refractivity contribution < 1.29 is 9.84 Å². The quantitative estimate of drug-likeness (QED) is 0.730. The van der Waals surface area contributed by atoms with Crippen LogP contribution in [-0.4, -0.2) is 26.1 Å². The zero-order valence-corrected chi connectivity index (χ0v) is 12.4. The molecule has 0 fully saturated rings. The lowest BCUT2D eigenvalue weighted by Gasteiger charge is -2.12. The minimum atomic E-state index is -0.0495. The van der Waals surface area contributed by atoms with Gasteiger partial charge in [0.2, 0.25) is 0 Å². The number of nitrogens with zero attached hydrogens (tertiary/aromatic N) is 3. The lowest BCUT2D eigenvalue weighted by molar-refractivity contribution is 0.267. The molecule has 0 amide bonds. The third kappa shape index (κ3) is 2.87. The van der Waals surface area contributed by atoms with Gasteiger partial charge in [-0.25, -0.2) is 4.98 Å². The highest BCUT2D eigenvalue weighted by molar-refractivity contribution is 5.51. The first-order valence-electron chi connectivity index (χ1n) is 7.18. The van der Waals surface area contributed by atoms with Gasteiger partial charge in [-0.05, 0) is 25.1 Å². The van der Waals surface area contributed by atoms with Crippen molar-refractivity contribution in [2.24, 2.45) is 0 Å². The second-order valence-electron chi connectivity index (χ2n) is 4.82. The van der Waals surface area contributed by atoms with E-state index in [1.165, 1.54) is 0 Å². The van der Waals surface area contributed by atoms with Crippen molar-refractivity contribution in [3.05, 3.63) is 54.2 Å². The largest absolute Gasteiger partial charge is 0.494 e. The van der Waals surface area contributed by atoms with Gasteiger partial charge in [0.25, 0.3) is 0 Å². The van der Waals surface area contributed by atoms with Gasteiger partial charge >= 0.3 is 0 Å². The molecule has 114 valence electrons. The number of ether oxygens (including phenoxy) is 1. The van der Waals surface area contributed by atoms with Crippen molar-refractivity contribution in [3.63, 3.8) is 0 Å². The lowest BCUT2D eigenvalue weighted by Crippen LogP contribution is -2.04. The lowest BCUT2D eigenvalue weighted by atomic mass is 10.2. The third-order valence-electron chi connectivity index (χ3n) is 3.40. The van der Waals surface area contributed by atoms with Crippen LogP contribution in [0.2, 0.25) is 0 Å². The average Bonchev–Trinajstić information content (AvgIpc) is 2.97. The smallest absolute Gasteiger partial charge is 0.155 e. The first kappa shape index (κ1) is 14.3. The SMILES string of the molecule is CCOc1ccc(NCc2cnc3cnccn23)cc1CO. The predicted octanol–water partition coefficient (Wildman–Crippen LogP) is 2.23. The number of aromatic nitrogens is 3. The van der Waals surface area contributed by atoms with E-state index in [1.54, 1.807) is 12.4 Å². The molecular formula is C16H18N4O2. The van der Waals surface area contributed by atoms with Gasteiger partial charge in [-0.2, -0.15) is 0 Å². The topological polar surface area (TPSA) is 71.7 Å². The molecule has 2 aromatic heterocycles. The molecule has 0 aliphatic carbocycles. The molecule has 0 aliphatic heterocycles. The Morgan fingerprint density at radius 3 is 3.05 bits per heavy atom. The fraction of sp³-hybridized carbons (Fsp3) is 0.250. The van der Waals surface area contributed by atoms with Gasteiger partial charge in [-0.1, -0.05) is 0 Å². The maximum atomic E-state index is 9.43. The first-order chi connectivity index (χ1) is 10.8. The van der Waals surface area contributed by atoms with Gasteiger partial charge in [-0.3, -0.25) is 9.38 Å². The summed E-state index contributed by atoms with van der Waals surface area (Å²) in [6.45, 7) is 3.08. The Bertz CT molecular complexity index is 770. The van der Waals surface area contributed by atoms with Crippen molar-refractivity contribution in [1.82, 2.24) is 14.4 Å². The molecule has 3 rings (SSSR count). The number of aliphatic hydroxyl groups is 1. The molecule has 0 atom stereocenters. The van der Waals surface area contributed by atoms with Gasteiger partial charge in [-0.15, -0.1) is 0 Å². The molecule has 0 saturated carbocycles. The first-order valence-corrected chi connectivity index (χ1v) is 7.18. The number of benzene rings is 1. The zero-order valence-electron chi connectivity index (χ0n) is 12.4. The maximum Gasteiger partial charge on any atom is 0.155 e. The summed E-state index contributed by atoms with van der Waals surface area (Å²) in [7, 11) is 0. The highest BCUT2D eigenvalue weighted by Crippen LogP contribution is 2.23. The molecule has 0 saturated heterocycles. The summed E-state index contributed by atoms with van der Waals surface area (Å²) in [6.07, 6.45) is 7.17. The van der Waals surface area contributed by atoms with Crippen molar-refractivity contribution >= 4 is 11.3 Å². The van der Waals surface area contributed by atoms with Crippen molar-refractivity contribution in [2.75, 3.05) is 11.9 Å². The fourth-order valence-corrected chi connectivity index (χ4v) is 2.33. The van der Waals surface area contributed by atoms with E-state index in [2.05, 4.69) is 15.3 Å². The van der Waals surface area contributed by atoms with Gasteiger partial charge in [0.1, 0.15) is 5.75 Å². The molecule has 3 aromatic rings. The maximum absolute atomic E-state index is 9.43. The molecule has 0 bridgehead atoms. The molecule has 2 N–H and O–H groups in total. The molecule has 0 radical (unpaired) electrons. The number of fused-ring (bicyclic) bond motifs is 1. The molecule has 1 aromatic carbocycles. The number of nitrogens with one attached hydrogen (secondary N) is 1. The van der Waals surface area contributed by atoms with E-state index in [0.717, 1.165) is 28.3 Å². The van der Waals surface area contributed by atoms with Crippen molar-refractivity contribution in [1.29, 1.82) is 0 Å². The van der Waals surface area contributed by atoms with E-state index in [1.807, 2.05) is 41.9 Å². The van der Waals surface area contributed by atoms with Crippen LogP contribution in [0.1, 0.15) is 18.2 Å². The van der Waals surface area contributed by atoms with E-state index in [4.69, 9.17) is 4.74 Å². The van der Waals surface area contributed by atoms with Crippen LogP contribution in [0.3, 0.4) is 0 Å². The fourth-order valence-electron chi connectivity index (χ4n) is 2.33. The molecule has 0 spiro atoms. The highest BCUT2D eigenvalue weighted by Gasteiger charge is 2.06. The molecular weight excluding hydrogens is 280 g/mol. The molecule has 6 heteroatoms. The number of imidazole rings is 1. The number of hydrogen-bond donors (Lipinski definition) is 2. The summed E-state index contributed by atoms with van der Waals surface area (Å²) in [5.74, 6) is 0.719. The minimum Gasteiger partial charge on any atom is -0.494 e. The standard InChI is InChI=1S/C16H18N4O2/c1-2-22-15-4-3-13(7-12(15)11-21)18-8-14-9-19-16-10-17-5-6-20(14)16/h3-7,9-10,18,21H,2,8,11H2,1H3. The van der Waals surface area contributed by atoms with Crippen LogP contribution in [0, 0.1) is 0 Å². The molecule has 2 heterocycles. The molecule has 6 nitrogen and oxygen atoms in total. The number of rotatable bonds is 6.